The number of hydrogen-bond donors (Lipinski definition) is 0. The summed E-state index contributed by atoms with van der Waals surface area (Å²) in [6, 6.07) is 9.41. The number of aliphatic imine (C=N–C) groups is 1. The second-order valence-electron chi connectivity index (χ2n) is 5.38. The van der Waals surface area contributed by atoms with Crippen molar-refractivity contribution in [2.24, 2.45) is 12.0 Å². The molecular formula is C17H12N4O4. The first-order valence-electron chi connectivity index (χ1n) is 7.24. The van der Waals surface area contributed by atoms with Crippen LogP contribution in [-0.4, -0.2) is 21.4 Å². The lowest BCUT2D eigenvalue weighted by Gasteiger charge is -1.98. The molecule has 3 rings (SSSR count). The number of aromatic nitrogens is 1. The van der Waals surface area contributed by atoms with E-state index in [4.69, 9.17) is 10.00 Å². The Morgan fingerprint density at radius 2 is 2.16 bits per heavy atom. The molecule has 2 aromatic rings. The number of benzene rings is 1. The number of non-ortho nitro benzene ring substituents is 1. The molecule has 25 heavy (non-hydrogen) atoms. The Morgan fingerprint density at radius 1 is 1.40 bits per heavy atom. The lowest BCUT2D eigenvalue weighted by molar-refractivity contribution is -0.384. The molecule has 8 heteroatoms. The van der Waals surface area contributed by atoms with Crippen LogP contribution in [0.1, 0.15) is 22.5 Å². The van der Waals surface area contributed by atoms with Gasteiger partial charge in [-0.15, -0.1) is 0 Å². The second kappa shape index (κ2) is 6.05. The Hall–Kier alpha value is -3.73. The monoisotopic (exact) mass is 336 g/mol. The van der Waals surface area contributed by atoms with Crippen molar-refractivity contribution in [3.8, 4) is 6.07 Å². The highest BCUT2D eigenvalue weighted by atomic mass is 16.6. The van der Waals surface area contributed by atoms with Crippen molar-refractivity contribution in [3.63, 3.8) is 0 Å². The van der Waals surface area contributed by atoms with E-state index < -0.39 is 10.9 Å². The van der Waals surface area contributed by atoms with Crippen molar-refractivity contribution in [3.05, 3.63) is 68.7 Å². The summed E-state index contributed by atoms with van der Waals surface area (Å²) >= 11 is 0. The van der Waals surface area contributed by atoms with Crippen LogP contribution >= 0.6 is 0 Å². The van der Waals surface area contributed by atoms with E-state index in [2.05, 4.69) is 11.1 Å². The van der Waals surface area contributed by atoms with Gasteiger partial charge in [-0.05, 0) is 30.7 Å². The summed E-state index contributed by atoms with van der Waals surface area (Å²) in [5.74, 6) is -0.641. The molecule has 0 radical (unpaired) electrons. The van der Waals surface area contributed by atoms with Crippen molar-refractivity contribution in [1.82, 2.24) is 4.57 Å². The number of nitrogens with zero attached hydrogens (tertiary/aromatic N) is 4. The minimum absolute atomic E-state index is 0.00837. The molecule has 0 saturated heterocycles. The average molecular weight is 336 g/mol. The molecule has 1 aliphatic rings. The van der Waals surface area contributed by atoms with E-state index in [1.807, 2.05) is 6.92 Å². The van der Waals surface area contributed by atoms with Crippen LogP contribution in [0.4, 0.5) is 5.69 Å². The van der Waals surface area contributed by atoms with Gasteiger partial charge in [-0.1, -0.05) is 6.07 Å². The molecule has 0 atom stereocenters. The minimum atomic E-state index is -0.650. The first kappa shape index (κ1) is 16.1. The molecule has 2 heterocycles. The number of rotatable bonds is 3. The predicted octanol–water partition coefficient (Wildman–Crippen LogP) is 2.46. The van der Waals surface area contributed by atoms with Gasteiger partial charge >= 0.3 is 5.97 Å². The van der Waals surface area contributed by atoms with Crippen molar-refractivity contribution < 1.29 is 14.5 Å². The smallest absolute Gasteiger partial charge is 0.363 e. The van der Waals surface area contributed by atoms with Gasteiger partial charge in [-0.3, -0.25) is 10.1 Å². The lowest BCUT2D eigenvalue weighted by Crippen LogP contribution is -2.05. The SMILES string of the molecule is Cc1c(/C=C2/N=C(c3cccc([N+](=O)[O-])c3)OC2=O)cc(C#N)n1C. The number of carbonyl (C=O) groups excluding carboxylic acids is 1. The summed E-state index contributed by atoms with van der Waals surface area (Å²) in [5, 5.41) is 19.9. The van der Waals surface area contributed by atoms with E-state index in [0.29, 0.717) is 16.8 Å². The quantitative estimate of drug-likeness (QED) is 0.370. The second-order valence-corrected chi connectivity index (χ2v) is 5.38. The maximum Gasteiger partial charge on any atom is 0.363 e. The van der Waals surface area contributed by atoms with Crippen LogP contribution in [0.15, 0.2) is 41.0 Å². The Balaban J connectivity index is 2.00. The highest BCUT2D eigenvalue weighted by Gasteiger charge is 2.25. The van der Waals surface area contributed by atoms with Gasteiger partial charge in [0.1, 0.15) is 11.8 Å². The predicted molar refractivity (Wildman–Crippen MR) is 88.6 cm³/mol. The van der Waals surface area contributed by atoms with E-state index in [1.54, 1.807) is 23.7 Å². The fraction of sp³-hybridized carbons (Fsp3) is 0.118. The fourth-order valence-electron chi connectivity index (χ4n) is 2.41. The average Bonchev–Trinajstić information content (AvgIpc) is 3.10. The maximum absolute atomic E-state index is 12.0. The zero-order chi connectivity index (χ0) is 18.1. The van der Waals surface area contributed by atoms with Gasteiger partial charge in [-0.25, -0.2) is 9.79 Å². The van der Waals surface area contributed by atoms with Crippen LogP contribution in [-0.2, 0) is 16.6 Å². The van der Waals surface area contributed by atoms with Gasteiger partial charge < -0.3 is 9.30 Å². The Morgan fingerprint density at radius 3 is 2.80 bits per heavy atom. The molecule has 0 aliphatic carbocycles. The van der Waals surface area contributed by atoms with Gasteiger partial charge in [0.15, 0.2) is 5.70 Å². The van der Waals surface area contributed by atoms with Crippen LogP contribution in [0.5, 0.6) is 0 Å². The number of nitro benzene ring substituents is 1. The lowest BCUT2D eigenvalue weighted by atomic mass is 10.2. The van der Waals surface area contributed by atoms with Crippen molar-refractivity contribution >= 4 is 23.6 Å². The van der Waals surface area contributed by atoms with Gasteiger partial charge in [-0.2, -0.15) is 5.26 Å². The van der Waals surface area contributed by atoms with Crippen LogP contribution < -0.4 is 0 Å². The van der Waals surface area contributed by atoms with Crippen LogP contribution in [0.25, 0.3) is 6.08 Å². The molecule has 1 aromatic carbocycles. The number of hydrogen-bond acceptors (Lipinski definition) is 6. The molecule has 0 unspecified atom stereocenters. The van der Waals surface area contributed by atoms with Crippen molar-refractivity contribution in [1.29, 1.82) is 5.26 Å². The number of carbonyl (C=O) groups is 1. The Bertz CT molecular complexity index is 1010. The molecule has 1 aliphatic heterocycles. The van der Waals surface area contributed by atoms with Crippen LogP contribution in [0, 0.1) is 28.4 Å². The maximum atomic E-state index is 12.0. The summed E-state index contributed by atoms with van der Waals surface area (Å²) in [6.07, 6.45) is 1.53. The van der Waals surface area contributed by atoms with E-state index in [0.717, 1.165) is 5.69 Å². The van der Waals surface area contributed by atoms with E-state index in [-0.39, 0.29) is 17.3 Å². The molecule has 0 N–H and O–H groups in total. The number of nitriles is 1. The Labute approximate surface area is 142 Å². The number of cyclic esters (lactones) is 1. The molecule has 1 aromatic heterocycles. The third-order valence-electron chi connectivity index (χ3n) is 3.91. The Kier molecular flexibility index (Phi) is 3.91. The first-order chi connectivity index (χ1) is 11.9. The third-order valence-corrected chi connectivity index (χ3v) is 3.91. The largest absolute Gasteiger partial charge is 0.402 e. The molecule has 0 amide bonds. The fourth-order valence-corrected chi connectivity index (χ4v) is 2.41. The zero-order valence-electron chi connectivity index (χ0n) is 13.4. The van der Waals surface area contributed by atoms with Crippen molar-refractivity contribution in [2.75, 3.05) is 0 Å². The van der Waals surface area contributed by atoms with E-state index in [1.165, 1.54) is 24.3 Å². The van der Waals surface area contributed by atoms with Crippen LogP contribution in [0.3, 0.4) is 0 Å². The molecule has 0 bridgehead atoms. The van der Waals surface area contributed by atoms with Gasteiger partial charge in [0.25, 0.3) is 5.69 Å². The van der Waals surface area contributed by atoms with Gasteiger partial charge in [0.05, 0.1) is 4.92 Å². The first-order valence-corrected chi connectivity index (χ1v) is 7.24. The molecule has 0 saturated carbocycles. The number of esters is 1. The molecule has 0 spiro atoms. The number of ether oxygens (including phenoxy) is 1. The van der Waals surface area contributed by atoms with Crippen LogP contribution in [0.2, 0.25) is 0 Å². The topological polar surface area (TPSA) is 111 Å². The third kappa shape index (κ3) is 2.90. The number of nitro groups is 1. The summed E-state index contributed by atoms with van der Waals surface area (Å²) in [4.78, 5) is 26.5. The molecular weight excluding hydrogens is 324 g/mol. The van der Waals surface area contributed by atoms with E-state index >= 15 is 0 Å². The molecule has 124 valence electrons. The zero-order valence-corrected chi connectivity index (χ0v) is 13.4. The molecule has 8 nitrogen and oxygen atoms in total. The minimum Gasteiger partial charge on any atom is -0.402 e. The van der Waals surface area contributed by atoms with Crippen molar-refractivity contribution in [2.45, 2.75) is 6.92 Å². The normalized spacial score (nSPS) is 15.0. The summed E-state index contributed by atoms with van der Waals surface area (Å²) in [5.41, 5.74) is 2.23. The highest BCUT2D eigenvalue weighted by Crippen LogP contribution is 2.23. The summed E-state index contributed by atoms with van der Waals surface area (Å²) in [7, 11) is 1.75. The molecule has 0 fully saturated rings. The summed E-state index contributed by atoms with van der Waals surface area (Å²) < 4.78 is 6.82. The van der Waals surface area contributed by atoms with E-state index in [9.17, 15) is 14.9 Å². The summed E-state index contributed by atoms with van der Waals surface area (Å²) in [6.45, 7) is 1.82. The van der Waals surface area contributed by atoms with Gasteiger partial charge in [0.2, 0.25) is 5.90 Å². The highest BCUT2D eigenvalue weighted by molar-refractivity contribution is 6.13. The standard InChI is InChI=1S/C17H12N4O4/c1-10-12(7-14(9-18)20(10)2)8-15-17(22)25-16(19-15)11-4-3-5-13(6-11)21(23)24/h3-8H,1-2H3/b15-8+. The van der Waals surface area contributed by atoms with Gasteiger partial charge in [0, 0.05) is 30.4 Å².